The molecular weight excluding hydrogens is 349 g/mol. The van der Waals surface area contributed by atoms with E-state index in [1.54, 1.807) is 12.1 Å². The molecule has 5 heteroatoms. The quantitative estimate of drug-likeness (QED) is 0.643. The number of alkyl halides is 1. The Hall–Kier alpha value is -0.140. The van der Waals surface area contributed by atoms with E-state index in [-0.39, 0.29) is 12.0 Å². The summed E-state index contributed by atoms with van der Waals surface area (Å²) in [6.07, 6.45) is 0. The molecule has 17 heavy (non-hydrogen) atoms. The van der Waals surface area contributed by atoms with E-state index < -0.39 is 10.0 Å². The van der Waals surface area contributed by atoms with Gasteiger partial charge in [0.2, 0.25) is 10.0 Å². The first-order valence-corrected chi connectivity index (χ1v) is 8.52. The number of aryl methyl sites for hydroxylation is 1. The molecule has 96 valence electrons. The van der Waals surface area contributed by atoms with Gasteiger partial charge < -0.3 is 0 Å². The summed E-state index contributed by atoms with van der Waals surface area (Å²) < 4.78 is 27.7. The predicted octanol–water partition coefficient (Wildman–Crippen LogP) is 2.73. The Bertz CT molecular complexity index is 454. The lowest BCUT2D eigenvalue weighted by molar-refractivity contribution is 0.486. The summed E-state index contributed by atoms with van der Waals surface area (Å²) in [6.45, 7) is 5.97. The highest BCUT2D eigenvalue weighted by atomic mass is 127. The second-order valence-electron chi connectivity index (χ2n) is 4.44. The van der Waals surface area contributed by atoms with Gasteiger partial charge in [0.25, 0.3) is 0 Å². The van der Waals surface area contributed by atoms with Crippen molar-refractivity contribution in [1.29, 1.82) is 0 Å². The van der Waals surface area contributed by atoms with E-state index in [4.69, 9.17) is 0 Å². The zero-order valence-corrected chi connectivity index (χ0v) is 13.2. The molecule has 1 unspecified atom stereocenters. The van der Waals surface area contributed by atoms with Crippen molar-refractivity contribution in [3.05, 3.63) is 29.8 Å². The van der Waals surface area contributed by atoms with Crippen LogP contribution in [0.3, 0.4) is 0 Å². The maximum Gasteiger partial charge on any atom is 0.240 e. The summed E-state index contributed by atoms with van der Waals surface area (Å²) in [5.41, 5.74) is 1.05. The van der Waals surface area contributed by atoms with Crippen molar-refractivity contribution >= 4 is 32.6 Å². The molecule has 1 N–H and O–H groups in total. The van der Waals surface area contributed by atoms with Gasteiger partial charge in [-0.3, -0.25) is 0 Å². The third-order valence-corrected chi connectivity index (χ3v) is 5.06. The van der Waals surface area contributed by atoms with E-state index in [1.807, 2.05) is 32.9 Å². The summed E-state index contributed by atoms with van der Waals surface area (Å²) in [5.74, 6) is 0.284. The number of sulfonamides is 1. The van der Waals surface area contributed by atoms with E-state index in [0.717, 1.165) is 9.99 Å². The highest BCUT2D eigenvalue weighted by Gasteiger charge is 2.21. The normalized spacial score (nSPS) is 13.9. The van der Waals surface area contributed by atoms with Gasteiger partial charge in [-0.15, -0.1) is 0 Å². The molecular formula is C12H18INO2S. The van der Waals surface area contributed by atoms with Crippen molar-refractivity contribution in [2.75, 3.05) is 4.43 Å². The van der Waals surface area contributed by atoms with Crippen molar-refractivity contribution < 1.29 is 8.42 Å². The monoisotopic (exact) mass is 367 g/mol. The summed E-state index contributed by atoms with van der Waals surface area (Å²) >= 11 is 2.20. The van der Waals surface area contributed by atoms with Gasteiger partial charge in [0.05, 0.1) is 4.90 Å². The van der Waals surface area contributed by atoms with Gasteiger partial charge in [-0.25, -0.2) is 13.1 Å². The van der Waals surface area contributed by atoms with Crippen LogP contribution < -0.4 is 4.72 Å². The molecule has 0 aliphatic rings. The topological polar surface area (TPSA) is 46.2 Å². The second kappa shape index (κ2) is 6.15. The molecule has 3 nitrogen and oxygen atoms in total. The SMILES string of the molecule is Cc1ccc(S(=O)(=O)NC(CI)C(C)C)cc1. The van der Waals surface area contributed by atoms with Crippen LogP contribution in [-0.4, -0.2) is 18.9 Å². The van der Waals surface area contributed by atoms with Crippen molar-refractivity contribution in [2.45, 2.75) is 31.7 Å². The zero-order chi connectivity index (χ0) is 13.1. The summed E-state index contributed by atoms with van der Waals surface area (Å²) in [7, 11) is -3.39. The van der Waals surface area contributed by atoms with Crippen LogP contribution in [0.15, 0.2) is 29.2 Å². The molecule has 0 radical (unpaired) electrons. The predicted molar refractivity (Wildman–Crippen MR) is 79.0 cm³/mol. The summed E-state index contributed by atoms with van der Waals surface area (Å²) in [6, 6.07) is 6.87. The van der Waals surface area contributed by atoms with Gasteiger partial charge in [0.1, 0.15) is 0 Å². The molecule has 0 saturated heterocycles. The Morgan fingerprint density at radius 2 is 1.76 bits per heavy atom. The summed E-state index contributed by atoms with van der Waals surface area (Å²) in [5, 5.41) is 0. The standard InChI is InChI=1S/C12H18INO2S/c1-9(2)12(8-13)14-17(15,16)11-6-4-10(3)5-7-11/h4-7,9,12,14H,8H2,1-3H3. The van der Waals surface area contributed by atoms with Crippen LogP contribution in [0.1, 0.15) is 19.4 Å². The number of rotatable bonds is 5. The maximum absolute atomic E-state index is 12.1. The van der Waals surface area contributed by atoms with Gasteiger partial charge in [0, 0.05) is 10.5 Å². The largest absolute Gasteiger partial charge is 0.240 e. The van der Waals surface area contributed by atoms with E-state index in [2.05, 4.69) is 27.3 Å². The van der Waals surface area contributed by atoms with Crippen LogP contribution in [-0.2, 0) is 10.0 Å². The minimum absolute atomic E-state index is 0.0260. The molecule has 0 saturated carbocycles. The fourth-order valence-corrected chi connectivity index (χ4v) is 4.25. The average molecular weight is 367 g/mol. The number of nitrogens with one attached hydrogen (secondary N) is 1. The highest BCUT2D eigenvalue weighted by molar-refractivity contribution is 14.1. The van der Waals surface area contributed by atoms with Crippen LogP contribution in [0, 0.1) is 12.8 Å². The van der Waals surface area contributed by atoms with Crippen LogP contribution in [0.5, 0.6) is 0 Å². The third-order valence-electron chi connectivity index (χ3n) is 2.61. The summed E-state index contributed by atoms with van der Waals surface area (Å²) in [4.78, 5) is 0.332. The molecule has 1 aromatic rings. The fourth-order valence-electron chi connectivity index (χ4n) is 1.33. The van der Waals surface area contributed by atoms with Crippen molar-refractivity contribution in [1.82, 2.24) is 4.72 Å². The highest BCUT2D eigenvalue weighted by Crippen LogP contribution is 2.13. The Morgan fingerprint density at radius 1 is 1.24 bits per heavy atom. The molecule has 0 amide bonds. The molecule has 0 spiro atoms. The second-order valence-corrected chi connectivity index (χ2v) is 7.03. The first-order valence-electron chi connectivity index (χ1n) is 5.52. The minimum Gasteiger partial charge on any atom is -0.207 e. The molecule has 0 aliphatic carbocycles. The Kier molecular flexibility index (Phi) is 5.40. The molecule has 1 aromatic carbocycles. The van der Waals surface area contributed by atoms with Gasteiger partial charge in [-0.1, -0.05) is 54.1 Å². The van der Waals surface area contributed by atoms with Gasteiger partial charge in [-0.05, 0) is 25.0 Å². The maximum atomic E-state index is 12.1. The van der Waals surface area contributed by atoms with Crippen LogP contribution in [0.25, 0.3) is 0 Å². The lowest BCUT2D eigenvalue weighted by atomic mass is 10.1. The Morgan fingerprint density at radius 3 is 2.18 bits per heavy atom. The van der Waals surface area contributed by atoms with E-state index in [9.17, 15) is 8.42 Å². The number of benzene rings is 1. The Balaban J connectivity index is 2.92. The van der Waals surface area contributed by atoms with E-state index >= 15 is 0 Å². The Labute approximate surface area is 117 Å². The van der Waals surface area contributed by atoms with E-state index in [0.29, 0.717) is 4.90 Å². The molecule has 0 aromatic heterocycles. The van der Waals surface area contributed by atoms with Gasteiger partial charge >= 0.3 is 0 Å². The molecule has 1 atom stereocenters. The molecule has 0 aliphatic heterocycles. The smallest absolute Gasteiger partial charge is 0.207 e. The third kappa shape index (κ3) is 4.22. The average Bonchev–Trinajstić information content (AvgIpc) is 2.26. The number of hydrogen-bond donors (Lipinski definition) is 1. The first kappa shape index (κ1) is 14.9. The first-order chi connectivity index (χ1) is 7.86. The van der Waals surface area contributed by atoms with Crippen molar-refractivity contribution in [3.8, 4) is 0 Å². The van der Waals surface area contributed by atoms with E-state index in [1.165, 1.54) is 0 Å². The zero-order valence-electron chi connectivity index (χ0n) is 10.3. The van der Waals surface area contributed by atoms with Crippen LogP contribution in [0.4, 0.5) is 0 Å². The lowest BCUT2D eigenvalue weighted by Gasteiger charge is -2.19. The molecule has 0 bridgehead atoms. The fraction of sp³-hybridized carbons (Fsp3) is 0.500. The number of hydrogen-bond acceptors (Lipinski definition) is 2. The van der Waals surface area contributed by atoms with Gasteiger partial charge in [0.15, 0.2) is 0 Å². The van der Waals surface area contributed by atoms with Crippen LogP contribution in [0.2, 0.25) is 0 Å². The van der Waals surface area contributed by atoms with Crippen molar-refractivity contribution in [2.24, 2.45) is 5.92 Å². The molecule has 1 rings (SSSR count). The minimum atomic E-state index is -3.39. The molecule has 0 heterocycles. The lowest BCUT2D eigenvalue weighted by Crippen LogP contribution is -2.39. The number of halogens is 1. The van der Waals surface area contributed by atoms with Gasteiger partial charge in [-0.2, -0.15) is 0 Å². The molecule has 0 fully saturated rings. The van der Waals surface area contributed by atoms with Crippen LogP contribution >= 0.6 is 22.6 Å². The van der Waals surface area contributed by atoms with Crippen molar-refractivity contribution in [3.63, 3.8) is 0 Å².